The SMILES string of the molecule is COc1ccc(CNC(=O)N[C@H](C)c2cc(C)sc2C)cc1. The van der Waals surface area contributed by atoms with Gasteiger partial charge in [0.15, 0.2) is 0 Å². The van der Waals surface area contributed by atoms with Gasteiger partial charge in [-0.05, 0) is 50.1 Å². The van der Waals surface area contributed by atoms with Crippen molar-refractivity contribution in [1.82, 2.24) is 10.6 Å². The zero-order chi connectivity index (χ0) is 16.1. The number of carbonyl (C=O) groups excluding carboxylic acids is 1. The molecule has 0 aliphatic rings. The molecule has 0 fully saturated rings. The van der Waals surface area contributed by atoms with Crippen LogP contribution in [0.1, 0.15) is 33.8 Å². The van der Waals surface area contributed by atoms with Crippen molar-refractivity contribution < 1.29 is 9.53 Å². The smallest absolute Gasteiger partial charge is 0.315 e. The number of benzene rings is 1. The summed E-state index contributed by atoms with van der Waals surface area (Å²) in [7, 11) is 1.64. The number of nitrogens with one attached hydrogen (secondary N) is 2. The molecule has 1 aromatic heterocycles. The minimum Gasteiger partial charge on any atom is -0.497 e. The van der Waals surface area contributed by atoms with Gasteiger partial charge in [-0.3, -0.25) is 0 Å². The first-order chi connectivity index (χ1) is 10.5. The van der Waals surface area contributed by atoms with E-state index < -0.39 is 0 Å². The molecule has 0 unspecified atom stereocenters. The monoisotopic (exact) mass is 318 g/mol. The Morgan fingerprint density at radius 1 is 1.27 bits per heavy atom. The van der Waals surface area contributed by atoms with Crippen LogP contribution in [0.4, 0.5) is 4.79 Å². The van der Waals surface area contributed by atoms with Crippen LogP contribution in [0.5, 0.6) is 5.75 Å². The summed E-state index contributed by atoms with van der Waals surface area (Å²) >= 11 is 1.75. The largest absolute Gasteiger partial charge is 0.497 e. The second-order valence-electron chi connectivity index (χ2n) is 5.27. The number of thiophene rings is 1. The Balaban J connectivity index is 1.85. The molecule has 1 heterocycles. The highest BCUT2D eigenvalue weighted by Gasteiger charge is 2.13. The second kappa shape index (κ2) is 7.31. The first kappa shape index (κ1) is 16.4. The van der Waals surface area contributed by atoms with Crippen LogP contribution in [0, 0.1) is 13.8 Å². The molecule has 0 aliphatic carbocycles. The second-order valence-corrected chi connectivity index (χ2v) is 6.73. The number of amides is 2. The molecule has 1 aromatic carbocycles. The van der Waals surface area contributed by atoms with E-state index in [1.165, 1.54) is 15.3 Å². The van der Waals surface area contributed by atoms with E-state index in [9.17, 15) is 4.79 Å². The molecule has 0 aliphatic heterocycles. The molecule has 0 saturated carbocycles. The van der Waals surface area contributed by atoms with Crippen LogP contribution in [0.2, 0.25) is 0 Å². The van der Waals surface area contributed by atoms with Crippen molar-refractivity contribution in [3.05, 3.63) is 51.2 Å². The number of hydrogen-bond donors (Lipinski definition) is 2. The highest BCUT2D eigenvalue weighted by molar-refractivity contribution is 7.12. The molecular formula is C17H22N2O2S. The van der Waals surface area contributed by atoms with Gasteiger partial charge in [-0.2, -0.15) is 0 Å². The summed E-state index contributed by atoms with van der Waals surface area (Å²) in [6.45, 7) is 6.66. The lowest BCUT2D eigenvalue weighted by molar-refractivity contribution is 0.237. The van der Waals surface area contributed by atoms with Gasteiger partial charge in [0.1, 0.15) is 5.75 Å². The first-order valence-electron chi connectivity index (χ1n) is 7.24. The summed E-state index contributed by atoms with van der Waals surface area (Å²) in [5.74, 6) is 0.810. The Morgan fingerprint density at radius 3 is 2.50 bits per heavy atom. The highest BCUT2D eigenvalue weighted by atomic mass is 32.1. The summed E-state index contributed by atoms with van der Waals surface area (Å²) in [6, 6.07) is 9.62. The van der Waals surface area contributed by atoms with Crippen molar-refractivity contribution in [3.63, 3.8) is 0 Å². The van der Waals surface area contributed by atoms with E-state index in [-0.39, 0.29) is 12.1 Å². The fourth-order valence-electron chi connectivity index (χ4n) is 2.33. The molecular weight excluding hydrogens is 296 g/mol. The Bertz CT molecular complexity index is 635. The number of rotatable bonds is 5. The summed E-state index contributed by atoms with van der Waals surface area (Å²) in [4.78, 5) is 14.5. The minimum atomic E-state index is -0.161. The van der Waals surface area contributed by atoms with Gasteiger partial charge in [0.2, 0.25) is 0 Å². The maximum absolute atomic E-state index is 12.0. The number of urea groups is 1. The first-order valence-corrected chi connectivity index (χ1v) is 8.05. The Kier molecular flexibility index (Phi) is 5.44. The van der Waals surface area contributed by atoms with Crippen molar-refractivity contribution in [2.45, 2.75) is 33.4 Å². The zero-order valence-electron chi connectivity index (χ0n) is 13.4. The quantitative estimate of drug-likeness (QED) is 0.877. The lowest BCUT2D eigenvalue weighted by Crippen LogP contribution is -2.36. The molecule has 0 radical (unpaired) electrons. The van der Waals surface area contributed by atoms with Crippen LogP contribution in [-0.4, -0.2) is 13.1 Å². The van der Waals surface area contributed by atoms with Gasteiger partial charge in [0.05, 0.1) is 13.2 Å². The van der Waals surface area contributed by atoms with Gasteiger partial charge in [-0.15, -0.1) is 11.3 Å². The summed E-state index contributed by atoms with van der Waals surface area (Å²) < 4.78 is 5.11. The van der Waals surface area contributed by atoms with Gasteiger partial charge >= 0.3 is 6.03 Å². The number of methoxy groups -OCH3 is 1. The fourth-order valence-corrected chi connectivity index (χ4v) is 3.35. The molecule has 0 saturated heterocycles. The average Bonchev–Trinajstić information content (AvgIpc) is 2.84. The van der Waals surface area contributed by atoms with Crippen molar-refractivity contribution in [2.75, 3.05) is 7.11 Å². The van der Waals surface area contributed by atoms with E-state index in [0.717, 1.165) is 11.3 Å². The van der Waals surface area contributed by atoms with Crippen molar-refractivity contribution in [1.29, 1.82) is 0 Å². The van der Waals surface area contributed by atoms with Crippen LogP contribution in [0.15, 0.2) is 30.3 Å². The van der Waals surface area contributed by atoms with Gasteiger partial charge in [0.25, 0.3) is 0 Å². The molecule has 2 N–H and O–H groups in total. The van der Waals surface area contributed by atoms with Gasteiger partial charge in [0, 0.05) is 16.3 Å². The van der Waals surface area contributed by atoms with E-state index >= 15 is 0 Å². The van der Waals surface area contributed by atoms with Gasteiger partial charge in [-0.25, -0.2) is 4.79 Å². The molecule has 1 atom stereocenters. The number of carbonyl (C=O) groups is 1. The van der Waals surface area contributed by atoms with E-state index in [1.807, 2.05) is 31.2 Å². The molecule has 0 bridgehead atoms. The van der Waals surface area contributed by atoms with Gasteiger partial charge in [-0.1, -0.05) is 12.1 Å². The van der Waals surface area contributed by atoms with Crippen LogP contribution >= 0.6 is 11.3 Å². The fraction of sp³-hybridized carbons (Fsp3) is 0.353. The maximum atomic E-state index is 12.0. The zero-order valence-corrected chi connectivity index (χ0v) is 14.2. The van der Waals surface area contributed by atoms with Crippen LogP contribution in [0.3, 0.4) is 0 Å². The molecule has 4 nitrogen and oxygen atoms in total. The standard InChI is InChI=1S/C17H22N2O2S/c1-11-9-16(13(3)22-11)12(2)19-17(20)18-10-14-5-7-15(21-4)8-6-14/h5-9,12H,10H2,1-4H3,(H2,18,19,20)/t12-/m1/s1. The van der Waals surface area contributed by atoms with E-state index in [1.54, 1.807) is 18.4 Å². The third kappa shape index (κ3) is 4.24. The van der Waals surface area contributed by atoms with Crippen LogP contribution < -0.4 is 15.4 Å². The lowest BCUT2D eigenvalue weighted by Gasteiger charge is -2.15. The Hall–Kier alpha value is -2.01. The molecule has 2 aromatic rings. The molecule has 118 valence electrons. The minimum absolute atomic E-state index is 0.000757. The van der Waals surface area contributed by atoms with E-state index in [2.05, 4.69) is 30.5 Å². The Labute approximate surface area is 135 Å². The Morgan fingerprint density at radius 2 is 1.95 bits per heavy atom. The van der Waals surface area contributed by atoms with E-state index in [0.29, 0.717) is 6.54 Å². The van der Waals surface area contributed by atoms with Crippen molar-refractivity contribution in [3.8, 4) is 5.75 Å². The molecule has 2 amide bonds. The third-order valence-corrected chi connectivity index (χ3v) is 4.49. The number of ether oxygens (including phenoxy) is 1. The molecule has 22 heavy (non-hydrogen) atoms. The lowest BCUT2D eigenvalue weighted by atomic mass is 10.1. The number of aryl methyl sites for hydroxylation is 2. The predicted octanol–water partition coefficient (Wildman–Crippen LogP) is 3.93. The van der Waals surface area contributed by atoms with Crippen LogP contribution in [0.25, 0.3) is 0 Å². The summed E-state index contributed by atoms with van der Waals surface area (Å²) in [6.07, 6.45) is 0. The predicted molar refractivity (Wildman–Crippen MR) is 90.6 cm³/mol. The van der Waals surface area contributed by atoms with Gasteiger partial charge < -0.3 is 15.4 Å². The highest BCUT2D eigenvalue weighted by Crippen LogP contribution is 2.25. The molecule has 5 heteroatoms. The number of hydrogen-bond acceptors (Lipinski definition) is 3. The average molecular weight is 318 g/mol. The molecule has 2 rings (SSSR count). The summed E-state index contributed by atoms with van der Waals surface area (Å²) in [5.41, 5.74) is 2.22. The summed E-state index contributed by atoms with van der Waals surface area (Å²) in [5, 5.41) is 5.85. The maximum Gasteiger partial charge on any atom is 0.315 e. The van der Waals surface area contributed by atoms with Crippen LogP contribution in [-0.2, 0) is 6.54 Å². The normalized spacial score (nSPS) is 11.8. The van der Waals surface area contributed by atoms with Crippen molar-refractivity contribution >= 4 is 17.4 Å². The molecule has 0 spiro atoms. The third-order valence-electron chi connectivity index (χ3n) is 3.51. The van der Waals surface area contributed by atoms with E-state index in [4.69, 9.17) is 4.74 Å². The van der Waals surface area contributed by atoms with Crippen molar-refractivity contribution in [2.24, 2.45) is 0 Å². The topological polar surface area (TPSA) is 50.4 Å².